The van der Waals surface area contributed by atoms with Gasteiger partial charge in [-0.2, -0.15) is 18.3 Å². The van der Waals surface area contributed by atoms with E-state index >= 15 is 0 Å². The first-order valence-electron chi connectivity index (χ1n) is 9.13. The van der Waals surface area contributed by atoms with Crippen molar-refractivity contribution in [2.75, 3.05) is 12.4 Å². The summed E-state index contributed by atoms with van der Waals surface area (Å²) in [5, 5.41) is 6.97. The number of benzene rings is 1. The lowest BCUT2D eigenvalue weighted by molar-refractivity contribution is -0.137. The molecule has 4 aromatic rings. The number of fused-ring (bicyclic) bond motifs is 1. The molecule has 1 N–H and O–H groups in total. The molecule has 3 heterocycles. The number of aryl methyl sites for hydroxylation is 1. The van der Waals surface area contributed by atoms with Crippen molar-refractivity contribution in [3.8, 4) is 17.1 Å². The van der Waals surface area contributed by atoms with Crippen LogP contribution in [0.15, 0.2) is 54.7 Å². The number of nitrogens with one attached hydrogen (secondary N) is 1. The van der Waals surface area contributed by atoms with Gasteiger partial charge < -0.3 is 10.1 Å². The second-order valence-electron chi connectivity index (χ2n) is 6.60. The number of halogens is 3. The number of methoxy groups -OCH3 is 1. The smallest absolute Gasteiger partial charge is 0.417 e. The number of ether oxygens (including phenoxy) is 1. The van der Waals surface area contributed by atoms with Crippen molar-refractivity contribution in [1.29, 1.82) is 0 Å². The highest BCUT2D eigenvalue weighted by molar-refractivity contribution is 6.05. The molecule has 0 aliphatic carbocycles. The zero-order valence-corrected chi connectivity index (χ0v) is 16.4. The van der Waals surface area contributed by atoms with Crippen molar-refractivity contribution in [3.63, 3.8) is 0 Å². The monoisotopic (exact) mass is 427 g/mol. The van der Waals surface area contributed by atoms with Gasteiger partial charge in [-0.05, 0) is 25.1 Å². The molecule has 0 unspecified atom stereocenters. The van der Waals surface area contributed by atoms with Crippen LogP contribution >= 0.6 is 0 Å². The van der Waals surface area contributed by atoms with Crippen molar-refractivity contribution in [2.24, 2.45) is 0 Å². The van der Waals surface area contributed by atoms with Crippen LogP contribution in [-0.4, -0.2) is 32.6 Å². The number of nitrogens with zero attached hydrogens (tertiary/aromatic N) is 4. The summed E-state index contributed by atoms with van der Waals surface area (Å²) in [5.74, 6) is -0.256. The summed E-state index contributed by atoms with van der Waals surface area (Å²) in [7, 11) is 1.43. The van der Waals surface area contributed by atoms with Gasteiger partial charge in [0.25, 0.3) is 5.91 Å². The molecule has 0 aliphatic heterocycles. The average molecular weight is 427 g/mol. The van der Waals surface area contributed by atoms with Crippen molar-refractivity contribution >= 4 is 17.2 Å². The van der Waals surface area contributed by atoms with Gasteiger partial charge in [0.1, 0.15) is 11.4 Å². The van der Waals surface area contributed by atoms with Crippen molar-refractivity contribution in [1.82, 2.24) is 19.6 Å². The normalized spacial score (nSPS) is 11.5. The first-order valence-corrected chi connectivity index (χ1v) is 9.13. The summed E-state index contributed by atoms with van der Waals surface area (Å²) in [5.41, 5.74) is 0.290. The number of carbonyl (C=O) groups is 1. The first-order chi connectivity index (χ1) is 14.8. The Morgan fingerprint density at radius 1 is 1.06 bits per heavy atom. The van der Waals surface area contributed by atoms with Crippen LogP contribution in [0.3, 0.4) is 0 Å². The summed E-state index contributed by atoms with van der Waals surface area (Å²) in [4.78, 5) is 21.1. The Labute approximate surface area is 174 Å². The number of anilines is 1. The lowest BCUT2D eigenvalue weighted by Gasteiger charge is -2.12. The zero-order valence-electron chi connectivity index (χ0n) is 16.4. The molecule has 3 aromatic heterocycles. The zero-order chi connectivity index (χ0) is 22.2. The predicted octanol–water partition coefficient (Wildman–Crippen LogP) is 4.38. The highest BCUT2D eigenvalue weighted by Crippen LogP contribution is 2.36. The molecule has 0 spiro atoms. The van der Waals surface area contributed by atoms with Crippen LogP contribution in [0.25, 0.3) is 16.9 Å². The van der Waals surface area contributed by atoms with E-state index < -0.39 is 17.6 Å². The number of rotatable bonds is 4. The van der Waals surface area contributed by atoms with Crippen LogP contribution in [0, 0.1) is 6.92 Å². The van der Waals surface area contributed by atoms with Gasteiger partial charge in [0, 0.05) is 17.8 Å². The van der Waals surface area contributed by atoms with Gasteiger partial charge in [-0.15, -0.1) is 0 Å². The van der Waals surface area contributed by atoms with E-state index in [2.05, 4.69) is 20.4 Å². The van der Waals surface area contributed by atoms with Crippen LogP contribution in [0.4, 0.5) is 18.9 Å². The maximum Gasteiger partial charge on any atom is 0.417 e. The molecule has 0 atom stereocenters. The predicted molar refractivity (Wildman–Crippen MR) is 107 cm³/mol. The van der Waals surface area contributed by atoms with Crippen molar-refractivity contribution in [3.05, 3.63) is 71.7 Å². The van der Waals surface area contributed by atoms with E-state index in [1.807, 2.05) is 0 Å². The number of aromatic nitrogens is 4. The summed E-state index contributed by atoms with van der Waals surface area (Å²) >= 11 is 0. The van der Waals surface area contributed by atoms with Gasteiger partial charge in [-0.3, -0.25) is 4.79 Å². The summed E-state index contributed by atoms with van der Waals surface area (Å²) < 4.78 is 46.7. The Hall–Kier alpha value is -3.95. The van der Waals surface area contributed by atoms with Gasteiger partial charge in [-0.25, -0.2) is 14.5 Å². The SMILES string of the molecule is COc1cccc(C(=O)Nc2c(C)nn3ccc(-c4ccccc4C(F)(F)F)nc23)n1. The molecule has 31 heavy (non-hydrogen) atoms. The maximum absolute atomic E-state index is 13.4. The van der Waals surface area contributed by atoms with E-state index in [0.717, 1.165) is 6.07 Å². The maximum atomic E-state index is 13.4. The molecule has 1 aromatic carbocycles. The Bertz CT molecular complexity index is 1280. The van der Waals surface area contributed by atoms with Gasteiger partial charge in [-0.1, -0.05) is 24.3 Å². The highest BCUT2D eigenvalue weighted by atomic mass is 19.4. The van der Waals surface area contributed by atoms with Crippen LogP contribution in [-0.2, 0) is 6.18 Å². The van der Waals surface area contributed by atoms with E-state index in [-0.39, 0.29) is 34.2 Å². The fraction of sp³-hybridized carbons (Fsp3) is 0.143. The quantitative estimate of drug-likeness (QED) is 0.523. The number of hydrogen-bond donors (Lipinski definition) is 1. The van der Waals surface area contributed by atoms with E-state index in [9.17, 15) is 18.0 Å². The van der Waals surface area contributed by atoms with E-state index in [0.29, 0.717) is 5.69 Å². The molecule has 0 aliphatic rings. The molecule has 0 radical (unpaired) electrons. The highest BCUT2D eigenvalue weighted by Gasteiger charge is 2.33. The van der Waals surface area contributed by atoms with Gasteiger partial charge in [0.15, 0.2) is 5.65 Å². The lowest BCUT2D eigenvalue weighted by Crippen LogP contribution is -2.14. The van der Waals surface area contributed by atoms with Crippen molar-refractivity contribution in [2.45, 2.75) is 13.1 Å². The van der Waals surface area contributed by atoms with E-state index in [1.54, 1.807) is 19.1 Å². The average Bonchev–Trinajstić information content (AvgIpc) is 3.07. The van der Waals surface area contributed by atoms with Crippen LogP contribution in [0.1, 0.15) is 21.7 Å². The number of carbonyl (C=O) groups excluding carboxylic acids is 1. The molecule has 0 fully saturated rings. The molecule has 0 bridgehead atoms. The molecule has 4 rings (SSSR count). The minimum atomic E-state index is -4.53. The Kier molecular flexibility index (Phi) is 5.05. The Morgan fingerprint density at radius 3 is 2.58 bits per heavy atom. The standard InChI is InChI=1S/C21H16F3N5O2/c1-12-18(27-20(30)16-8-5-9-17(25-16)31-2)19-26-15(10-11-29(19)28-12)13-6-3-4-7-14(13)21(22,23)24/h3-11H,1-2H3,(H,27,30). The summed E-state index contributed by atoms with van der Waals surface area (Å²) in [6.45, 7) is 1.66. The van der Waals surface area contributed by atoms with Gasteiger partial charge in [0.05, 0.1) is 24.1 Å². The third-order valence-electron chi connectivity index (χ3n) is 4.57. The van der Waals surface area contributed by atoms with Crippen LogP contribution < -0.4 is 10.1 Å². The molecule has 7 nitrogen and oxygen atoms in total. The molecular weight excluding hydrogens is 411 g/mol. The van der Waals surface area contributed by atoms with Crippen LogP contribution in [0.5, 0.6) is 5.88 Å². The van der Waals surface area contributed by atoms with Gasteiger partial charge in [0.2, 0.25) is 5.88 Å². The second kappa shape index (κ2) is 7.71. The fourth-order valence-corrected chi connectivity index (χ4v) is 3.12. The molecule has 0 saturated heterocycles. The minimum absolute atomic E-state index is 0.0666. The molecule has 1 amide bonds. The van der Waals surface area contributed by atoms with E-state index in [4.69, 9.17) is 4.74 Å². The lowest BCUT2D eigenvalue weighted by atomic mass is 10.0. The fourth-order valence-electron chi connectivity index (χ4n) is 3.12. The largest absolute Gasteiger partial charge is 0.481 e. The topological polar surface area (TPSA) is 81.4 Å². The third-order valence-corrected chi connectivity index (χ3v) is 4.57. The third kappa shape index (κ3) is 3.91. The number of alkyl halides is 3. The summed E-state index contributed by atoms with van der Waals surface area (Å²) in [6.07, 6.45) is -3.03. The first kappa shape index (κ1) is 20.3. The molecule has 0 saturated carbocycles. The summed E-state index contributed by atoms with van der Waals surface area (Å²) in [6, 6.07) is 11.4. The molecule has 10 heteroatoms. The molecular formula is C21H16F3N5O2. The number of pyridine rings is 1. The number of hydrogen-bond acceptors (Lipinski definition) is 5. The minimum Gasteiger partial charge on any atom is -0.481 e. The second-order valence-corrected chi connectivity index (χ2v) is 6.60. The van der Waals surface area contributed by atoms with Crippen LogP contribution in [0.2, 0.25) is 0 Å². The molecule has 158 valence electrons. The van der Waals surface area contributed by atoms with Gasteiger partial charge >= 0.3 is 6.18 Å². The van der Waals surface area contributed by atoms with E-state index in [1.165, 1.54) is 48.2 Å². The Morgan fingerprint density at radius 2 is 1.84 bits per heavy atom. The number of amides is 1. The Balaban J connectivity index is 1.77. The van der Waals surface area contributed by atoms with Crippen molar-refractivity contribution < 1.29 is 22.7 Å².